The second-order valence-corrected chi connectivity index (χ2v) is 11.4. The van der Waals surface area contributed by atoms with Gasteiger partial charge in [0.25, 0.3) is 0 Å². The average Bonchev–Trinajstić information content (AvgIpc) is 3.04. The van der Waals surface area contributed by atoms with E-state index in [9.17, 15) is 23.2 Å². The zero-order valence-corrected chi connectivity index (χ0v) is 24.9. The fourth-order valence-corrected chi connectivity index (χ4v) is 5.89. The van der Waals surface area contributed by atoms with Crippen molar-refractivity contribution < 1.29 is 32.5 Å². The van der Waals surface area contributed by atoms with E-state index >= 15 is 0 Å². The van der Waals surface area contributed by atoms with Gasteiger partial charge in [-0.2, -0.15) is 23.4 Å². The van der Waals surface area contributed by atoms with Crippen molar-refractivity contribution in [3.63, 3.8) is 0 Å². The minimum atomic E-state index is -4.65. The van der Waals surface area contributed by atoms with Gasteiger partial charge in [0.2, 0.25) is 11.9 Å². The van der Waals surface area contributed by atoms with Crippen molar-refractivity contribution in [2.75, 3.05) is 69.3 Å². The van der Waals surface area contributed by atoms with Crippen molar-refractivity contribution in [3.05, 3.63) is 54.4 Å². The summed E-state index contributed by atoms with van der Waals surface area (Å²) >= 11 is 0. The SMILES string of the molecule is N#Cc1cc(-c2ncnc(Nc3ccc(N4CCN(C5COC5)CC4)cc3)n2)ccc1O[C@H]1CCN(C(=O)CO)CC1C(F)(F)F. The van der Waals surface area contributed by atoms with Crippen LogP contribution in [0, 0.1) is 17.2 Å². The zero-order valence-electron chi connectivity index (χ0n) is 24.9. The Balaban J connectivity index is 1.11. The molecule has 242 valence electrons. The molecule has 0 radical (unpaired) electrons. The third kappa shape index (κ3) is 6.99. The number of amides is 1. The van der Waals surface area contributed by atoms with Crippen molar-refractivity contribution in [1.29, 1.82) is 5.26 Å². The number of likely N-dealkylation sites (tertiary alicyclic amines) is 1. The number of nitriles is 1. The third-order valence-electron chi connectivity index (χ3n) is 8.61. The van der Waals surface area contributed by atoms with Crippen LogP contribution in [0.4, 0.5) is 30.5 Å². The zero-order chi connectivity index (χ0) is 32.3. The third-order valence-corrected chi connectivity index (χ3v) is 8.61. The Hall–Kier alpha value is -4.52. The number of nitrogens with zero attached hydrogens (tertiary/aromatic N) is 7. The van der Waals surface area contributed by atoms with Crippen molar-refractivity contribution in [1.82, 2.24) is 24.8 Å². The lowest BCUT2D eigenvalue weighted by atomic mass is 9.93. The van der Waals surface area contributed by atoms with Gasteiger partial charge in [0.15, 0.2) is 5.82 Å². The molecule has 46 heavy (non-hydrogen) atoms. The number of aliphatic hydroxyl groups excluding tert-OH is 1. The summed E-state index contributed by atoms with van der Waals surface area (Å²) in [5, 5.41) is 22.0. The number of ether oxygens (including phenoxy) is 2. The topological polar surface area (TPSA) is 140 Å². The summed E-state index contributed by atoms with van der Waals surface area (Å²) in [6, 6.07) is 14.9. The minimum absolute atomic E-state index is 0.00641. The molecule has 3 aliphatic heterocycles. The van der Waals surface area contributed by atoms with Crippen LogP contribution < -0.4 is 15.0 Å². The van der Waals surface area contributed by atoms with Gasteiger partial charge in [-0.05, 0) is 42.5 Å². The van der Waals surface area contributed by atoms with Crippen LogP contribution in [-0.2, 0) is 9.53 Å². The summed E-state index contributed by atoms with van der Waals surface area (Å²) in [7, 11) is 0. The number of hydrogen-bond donors (Lipinski definition) is 2. The number of aromatic nitrogens is 3. The maximum atomic E-state index is 13.9. The Morgan fingerprint density at radius 2 is 1.85 bits per heavy atom. The number of alkyl halides is 3. The summed E-state index contributed by atoms with van der Waals surface area (Å²) < 4.78 is 52.7. The number of halogens is 3. The van der Waals surface area contributed by atoms with Crippen LogP contribution in [0.15, 0.2) is 48.8 Å². The number of aliphatic hydroxyl groups is 1. The van der Waals surface area contributed by atoms with Crippen LogP contribution in [0.5, 0.6) is 5.75 Å². The van der Waals surface area contributed by atoms with E-state index in [-0.39, 0.29) is 36.1 Å². The number of piperidine rings is 1. The molecule has 6 rings (SSSR count). The Bertz CT molecular complexity index is 1570. The van der Waals surface area contributed by atoms with E-state index in [1.165, 1.54) is 18.5 Å². The van der Waals surface area contributed by atoms with E-state index in [1.54, 1.807) is 6.07 Å². The molecule has 0 bridgehead atoms. The van der Waals surface area contributed by atoms with E-state index in [0.717, 1.165) is 55.7 Å². The van der Waals surface area contributed by atoms with Crippen molar-refractivity contribution >= 4 is 23.2 Å². The number of benzene rings is 2. The molecule has 2 aromatic carbocycles. The summed E-state index contributed by atoms with van der Waals surface area (Å²) in [5.74, 6) is -2.23. The smallest absolute Gasteiger partial charge is 0.397 e. The Labute approximate surface area is 263 Å². The van der Waals surface area contributed by atoms with E-state index in [0.29, 0.717) is 11.6 Å². The fraction of sp³-hybridized carbons (Fsp3) is 0.452. The van der Waals surface area contributed by atoms with Gasteiger partial charge in [0.1, 0.15) is 36.8 Å². The predicted octanol–water partition coefficient (Wildman–Crippen LogP) is 2.83. The first-order chi connectivity index (χ1) is 22.2. The molecule has 1 unspecified atom stereocenters. The molecule has 3 aliphatic rings. The van der Waals surface area contributed by atoms with Gasteiger partial charge in [-0.25, -0.2) is 9.97 Å². The van der Waals surface area contributed by atoms with Crippen LogP contribution >= 0.6 is 0 Å². The number of carbonyl (C=O) groups excluding carboxylic acids is 1. The molecule has 3 fully saturated rings. The predicted molar refractivity (Wildman–Crippen MR) is 160 cm³/mol. The van der Waals surface area contributed by atoms with Gasteiger partial charge in [-0.3, -0.25) is 9.69 Å². The molecule has 1 amide bonds. The first-order valence-corrected chi connectivity index (χ1v) is 15.0. The summed E-state index contributed by atoms with van der Waals surface area (Å²) in [5.41, 5.74) is 2.37. The van der Waals surface area contributed by atoms with E-state index in [4.69, 9.17) is 14.6 Å². The number of rotatable bonds is 8. The molecule has 4 heterocycles. The van der Waals surface area contributed by atoms with Crippen LogP contribution in [0.1, 0.15) is 12.0 Å². The second-order valence-electron chi connectivity index (χ2n) is 11.4. The maximum absolute atomic E-state index is 13.9. The van der Waals surface area contributed by atoms with E-state index in [1.807, 2.05) is 30.3 Å². The monoisotopic (exact) mass is 638 g/mol. The highest BCUT2D eigenvalue weighted by atomic mass is 19.4. The first kappa shape index (κ1) is 31.5. The summed E-state index contributed by atoms with van der Waals surface area (Å²) in [6.07, 6.45) is -4.75. The van der Waals surface area contributed by atoms with Crippen LogP contribution in [0.3, 0.4) is 0 Å². The highest BCUT2D eigenvalue weighted by Crippen LogP contribution is 2.37. The molecular formula is C31H33F3N8O4. The van der Waals surface area contributed by atoms with Crippen LogP contribution in [-0.4, -0.2) is 113 Å². The van der Waals surface area contributed by atoms with Gasteiger partial charge in [-0.15, -0.1) is 0 Å². The molecule has 0 saturated carbocycles. The molecule has 15 heteroatoms. The largest absolute Gasteiger partial charge is 0.488 e. The Morgan fingerprint density at radius 3 is 2.50 bits per heavy atom. The van der Waals surface area contributed by atoms with E-state index < -0.39 is 37.3 Å². The van der Waals surface area contributed by atoms with Gasteiger partial charge in [-0.1, -0.05) is 0 Å². The quantitative estimate of drug-likeness (QED) is 0.377. The number of piperazine rings is 1. The number of hydrogen-bond acceptors (Lipinski definition) is 11. The molecule has 2 N–H and O–H groups in total. The van der Waals surface area contributed by atoms with Crippen molar-refractivity contribution in [2.24, 2.45) is 5.92 Å². The number of nitrogens with one attached hydrogen (secondary N) is 1. The molecule has 12 nitrogen and oxygen atoms in total. The molecule has 3 aromatic rings. The lowest BCUT2D eigenvalue weighted by Gasteiger charge is -2.43. The van der Waals surface area contributed by atoms with Crippen molar-refractivity contribution in [2.45, 2.75) is 24.7 Å². The molecule has 1 aromatic heterocycles. The average molecular weight is 639 g/mol. The summed E-state index contributed by atoms with van der Waals surface area (Å²) in [6.45, 7) is 4.03. The molecular weight excluding hydrogens is 605 g/mol. The minimum Gasteiger partial charge on any atom is -0.488 e. The van der Waals surface area contributed by atoms with Crippen molar-refractivity contribution in [3.8, 4) is 23.2 Å². The highest BCUT2D eigenvalue weighted by Gasteiger charge is 2.49. The lowest BCUT2D eigenvalue weighted by molar-refractivity contribution is -0.210. The highest BCUT2D eigenvalue weighted by molar-refractivity contribution is 5.77. The number of carbonyl (C=O) groups is 1. The van der Waals surface area contributed by atoms with Gasteiger partial charge >= 0.3 is 6.18 Å². The molecule has 2 atom stereocenters. The van der Waals surface area contributed by atoms with Gasteiger partial charge in [0.05, 0.1) is 24.8 Å². The molecule has 0 spiro atoms. The standard InChI is InChI=1S/C31H33F3N8O4/c32-31(33,34)25-15-42(28(44)16-43)8-7-27(25)46-26-6-1-20(13-21(26)14-35)29-36-19-37-30(39-29)38-22-2-4-23(5-3-22)40-9-11-41(12-10-40)24-17-45-18-24/h1-6,13,19,24-25,27,43H,7-12,15-18H2,(H,36,37,38,39)/t25?,27-/m0/s1. The van der Waals surface area contributed by atoms with Gasteiger partial charge in [0, 0.05) is 62.6 Å². The first-order valence-electron chi connectivity index (χ1n) is 15.0. The summed E-state index contributed by atoms with van der Waals surface area (Å²) in [4.78, 5) is 30.5. The van der Waals surface area contributed by atoms with E-state index in [2.05, 4.69) is 30.1 Å². The number of anilines is 3. The van der Waals surface area contributed by atoms with Crippen LogP contribution in [0.2, 0.25) is 0 Å². The fourth-order valence-electron chi connectivity index (χ4n) is 5.89. The molecule has 0 aliphatic carbocycles. The normalized spacial score (nSPS) is 20.9. The van der Waals surface area contributed by atoms with Gasteiger partial charge < -0.3 is 29.7 Å². The second kappa shape index (κ2) is 13.5. The van der Waals surface area contributed by atoms with Crippen LogP contribution in [0.25, 0.3) is 11.4 Å². The Kier molecular flexibility index (Phi) is 9.20. The molecule has 3 saturated heterocycles. The maximum Gasteiger partial charge on any atom is 0.397 e. The lowest BCUT2D eigenvalue weighted by Crippen LogP contribution is -2.56. The Morgan fingerprint density at radius 1 is 1.09 bits per heavy atom.